The molecule has 1 fully saturated rings. The minimum Gasteiger partial charge on any atom is -0.379 e. The van der Waals surface area contributed by atoms with E-state index in [1.54, 1.807) is 11.3 Å². The lowest BCUT2D eigenvalue weighted by Crippen LogP contribution is -2.38. The van der Waals surface area contributed by atoms with Gasteiger partial charge in [0.25, 0.3) is 0 Å². The Kier molecular flexibility index (Phi) is 10.8. The van der Waals surface area contributed by atoms with Gasteiger partial charge in [-0.2, -0.15) is 0 Å². The van der Waals surface area contributed by atoms with Crippen molar-refractivity contribution in [3.05, 3.63) is 21.9 Å². The summed E-state index contributed by atoms with van der Waals surface area (Å²) in [4.78, 5) is 7.24. The van der Waals surface area contributed by atoms with E-state index in [2.05, 4.69) is 41.6 Å². The van der Waals surface area contributed by atoms with E-state index in [1.807, 2.05) is 0 Å². The van der Waals surface area contributed by atoms with E-state index in [0.29, 0.717) is 6.10 Å². The summed E-state index contributed by atoms with van der Waals surface area (Å²) in [7, 11) is 0. The number of nitrogens with zero attached hydrogens (tertiary/aromatic N) is 1. The van der Waals surface area contributed by atoms with Crippen LogP contribution >= 0.6 is 35.3 Å². The van der Waals surface area contributed by atoms with Gasteiger partial charge in [-0.05, 0) is 38.8 Å². The predicted molar refractivity (Wildman–Crippen MR) is 107 cm³/mol. The molecule has 1 atom stereocenters. The Morgan fingerprint density at radius 3 is 2.96 bits per heavy atom. The van der Waals surface area contributed by atoms with Gasteiger partial charge in [0.2, 0.25) is 0 Å². The molecular weight excluding hydrogens is 425 g/mol. The number of guanidine groups is 1. The fraction of sp³-hybridized carbons (Fsp3) is 0.688. The number of ether oxygens (including phenoxy) is 2. The smallest absolute Gasteiger partial charge is 0.191 e. The number of aryl methyl sites for hydroxylation is 1. The third-order valence-corrected chi connectivity index (χ3v) is 4.37. The number of halogens is 1. The van der Waals surface area contributed by atoms with Crippen LogP contribution in [0.15, 0.2) is 17.1 Å². The van der Waals surface area contributed by atoms with Crippen LogP contribution in [0.4, 0.5) is 0 Å². The van der Waals surface area contributed by atoms with Crippen LogP contribution < -0.4 is 10.6 Å². The molecule has 0 aliphatic carbocycles. The molecule has 0 spiro atoms. The molecule has 1 aliphatic heterocycles. The first-order valence-electron chi connectivity index (χ1n) is 8.04. The van der Waals surface area contributed by atoms with E-state index in [-0.39, 0.29) is 24.0 Å². The van der Waals surface area contributed by atoms with Gasteiger partial charge in [0.1, 0.15) is 0 Å². The summed E-state index contributed by atoms with van der Waals surface area (Å²) in [6, 6.07) is 4.28. The molecule has 0 aromatic carbocycles. The van der Waals surface area contributed by atoms with Gasteiger partial charge in [0.05, 0.1) is 19.3 Å². The molecule has 2 N–H and O–H groups in total. The zero-order valence-electron chi connectivity index (χ0n) is 14.0. The maximum atomic E-state index is 5.75. The zero-order valence-corrected chi connectivity index (χ0v) is 17.1. The average Bonchev–Trinajstić information content (AvgIpc) is 3.16. The van der Waals surface area contributed by atoms with Gasteiger partial charge in [-0.25, -0.2) is 4.99 Å². The maximum absolute atomic E-state index is 5.75. The van der Waals surface area contributed by atoms with Crippen molar-refractivity contribution >= 4 is 41.3 Å². The Labute approximate surface area is 160 Å². The van der Waals surface area contributed by atoms with Crippen LogP contribution in [0.3, 0.4) is 0 Å². The first kappa shape index (κ1) is 20.7. The SMILES string of the molecule is CCNC(=NCc1ccc(C)s1)NCCCOC1CCOC1.I. The highest BCUT2D eigenvalue weighted by atomic mass is 127. The number of nitrogens with one attached hydrogen (secondary N) is 2. The molecule has 2 rings (SSSR count). The predicted octanol–water partition coefficient (Wildman–Crippen LogP) is 2.93. The van der Waals surface area contributed by atoms with Gasteiger partial charge in [-0.15, -0.1) is 35.3 Å². The molecule has 1 aromatic rings. The van der Waals surface area contributed by atoms with Gasteiger partial charge >= 0.3 is 0 Å². The van der Waals surface area contributed by atoms with Crippen LogP contribution in [0.1, 0.15) is 29.5 Å². The van der Waals surface area contributed by atoms with Crippen molar-refractivity contribution in [1.82, 2.24) is 10.6 Å². The summed E-state index contributed by atoms with van der Waals surface area (Å²) in [6.45, 7) is 9.01. The molecule has 0 radical (unpaired) electrons. The van der Waals surface area contributed by atoms with E-state index in [1.165, 1.54) is 9.75 Å². The largest absolute Gasteiger partial charge is 0.379 e. The Bertz CT molecular complexity index is 462. The normalized spacial score (nSPS) is 17.8. The minimum absolute atomic E-state index is 0. The number of rotatable bonds is 8. The second-order valence-corrected chi connectivity index (χ2v) is 6.72. The highest BCUT2D eigenvalue weighted by molar-refractivity contribution is 14.0. The number of thiophene rings is 1. The molecule has 1 saturated heterocycles. The van der Waals surface area contributed by atoms with E-state index >= 15 is 0 Å². The Morgan fingerprint density at radius 2 is 2.30 bits per heavy atom. The van der Waals surface area contributed by atoms with Crippen molar-refractivity contribution in [1.29, 1.82) is 0 Å². The Balaban J connectivity index is 0.00000264. The highest BCUT2D eigenvalue weighted by Crippen LogP contribution is 2.15. The van der Waals surface area contributed by atoms with Crippen molar-refractivity contribution in [3.63, 3.8) is 0 Å². The molecule has 1 unspecified atom stereocenters. The lowest BCUT2D eigenvalue weighted by atomic mass is 10.3. The summed E-state index contributed by atoms with van der Waals surface area (Å²) in [6.07, 6.45) is 2.29. The van der Waals surface area contributed by atoms with Crippen LogP contribution in [-0.4, -0.2) is 45.0 Å². The van der Waals surface area contributed by atoms with Crippen LogP contribution in [-0.2, 0) is 16.0 Å². The van der Waals surface area contributed by atoms with Crippen molar-refractivity contribution in [2.45, 2.75) is 39.3 Å². The molecule has 0 bridgehead atoms. The van der Waals surface area contributed by atoms with Crippen molar-refractivity contribution in [2.75, 3.05) is 32.9 Å². The molecule has 1 aromatic heterocycles. The topological polar surface area (TPSA) is 54.9 Å². The average molecular weight is 453 g/mol. The molecule has 7 heteroatoms. The first-order valence-corrected chi connectivity index (χ1v) is 8.86. The van der Waals surface area contributed by atoms with E-state index in [9.17, 15) is 0 Å². The van der Waals surface area contributed by atoms with Gasteiger partial charge in [0, 0.05) is 36.1 Å². The van der Waals surface area contributed by atoms with Crippen molar-refractivity contribution in [3.8, 4) is 0 Å². The van der Waals surface area contributed by atoms with Gasteiger partial charge < -0.3 is 20.1 Å². The second-order valence-electron chi connectivity index (χ2n) is 5.34. The van der Waals surface area contributed by atoms with Gasteiger partial charge in [-0.3, -0.25) is 0 Å². The summed E-state index contributed by atoms with van der Waals surface area (Å²) < 4.78 is 11.0. The maximum Gasteiger partial charge on any atom is 0.191 e. The third-order valence-electron chi connectivity index (χ3n) is 3.39. The first-order chi connectivity index (χ1) is 10.8. The lowest BCUT2D eigenvalue weighted by molar-refractivity contribution is 0.0420. The summed E-state index contributed by atoms with van der Waals surface area (Å²) >= 11 is 1.80. The fourth-order valence-corrected chi connectivity index (χ4v) is 3.06. The molecule has 132 valence electrons. The molecule has 5 nitrogen and oxygen atoms in total. The molecule has 1 aliphatic rings. The number of aliphatic imine (C=N–C) groups is 1. The number of hydrogen-bond donors (Lipinski definition) is 2. The third kappa shape index (κ3) is 8.32. The molecule has 0 saturated carbocycles. The number of hydrogen-bond acceptors (Lipinski definition) is 4. The fourth-order valence-electron chi connectivity index (χ4n) is 2.24. The van der Waals surface area contributed by atoms with Crippen molar-refractivity contribution in [2.24, 2.45) is 4.99 Å². The quantitative estimate of drug-likeness (QED) is 0.275. The molecule has 0 amide bonds. The van der Waals surface area contributed by atoms with Gasteiger partial charge in [0.15, 0.2) is 5.96 Å². The van der Waals surface area contributed by atoms with Crippen LogP contribution in [0, 0.1) is 6.92 Å². The van der Waals surface area contributed by atoms with E-state index in [4.69, 9.17) is 9.47 Å². The zero-order chi connectivity index (χ0) is 15.6. The summed E-state index contributed by atoms with van der Waals surface area (Å²) in [5.74, 6) is 0.873. The van der Waals surface area contributed by atoms with Crippen LogP contribution in [0.5, 0.6) is 0 Å². The van der Waals surface area contributed by atoms with E-state index in [0.717, 1.165) is 58.3 Å². The Hall–Kier alpha value is -0.380. The highest BCUT2D eigenvalue weighted by Gasteiger charge is 2.15. The Morgan fingerprint density at radius 1 is 1.43 bits per heavy atom. The van der Waals surface area contributed by atoms with Gasteiger partial charge in [-0.1, -0.05) is 0 Å². The van der Waals surface area contributed by atoms with E-state index < -0.39 is 0 Å². The monoisotopic (exact) mass is 453 g/mol. The molecular formula is C16H28IN3O2S. The molecule has 23 heavy (non-hydrogen) atoms. The molecule has 2 heterocycles. The summed E-state index contributed by atoms with van der Waals surface area (Å²) in [5, 5.41) is 6.63. The minimum atomic E-state index is 0. The summed E-state index contributed by atoms with van der Waals surface area (Å²) in [5.41, 5.74) is 0. The second kappa shape index (κ2) is 12.0. The van der Waals surface area contributed by atoms with Crippen LogP contribution in [0.2, 0.25) is 0 Å². The standard InChI is InChI=1S/C16H27N3O2S.HI/c1-3-17-16(19-11-15-6-5-13(2)22-15)18-8-4-9-21-14-7-10-20-12-14;/h5-6,14H,3-4,7-12H2,1-2H3,(H2,17,18,19);1H. The van der Waals surface area contributed by atoms with Crippen LogP contribution in [0.25, 0.3) is 0 Å². The lowest BCUT2D eigenvalue weighted by Gasteiger charge is -2.12. The van der Waals surface area contributed by atoms with Crippen molar-refractivity contribution < 1.29 is 9.47 Å².